The van der Waals surface area contributed by atoms with Crippen molar-refractivity contribution < 1.29 is 19.2 Å². The number of nitrogens with zero attached hydrogens (tertiary/aromatic N) is 2. The quantitative estimate of drug-likeness (QED) is 0.361. The molecule has 38 heavy (non-hydrogen) atoms. The van der Waals surface area contributed by atoms with E-state index in [4.69, 9.17) is 31.9 Å². The second kappa shape index (κ2) is 8.48. The monoisotopic (exact) mass is 484 g/mol. The fourth-order valence-corrected chi connectivity index (χ4v) is 5.29. The summed E-state index contributed by atoms with van der Waals surface area (Å²) in [7, 11) is 23.3. The summed E-state index contributed by atoms with van der Waals surface area (Å²) in [4.78, 5) is 55.0. The van der Waals surface area contributed by atoms with Gasteiger partial charge >= 0.3 is 0 Å². The van der Waals surface area contributed by atoms with E-state index in [0.717, 1.165) is 9.44 Å². The van der Waals surface area contributed by atoms with E-state index in [1.807, 2.05) is 0 Å². The lowest BCUT2D eigenvalue weighted by Gasteiger charge is -2.29. The van der Waals surface area contributed by atoms with Gasteiger partial charge in [0, 0.05) is 44.8 Å². The average molecular weight is 484 g/mol. The minimum absolute atomic E-state index is 0.00304. The largest absolute Gasteiger partial charge is 0.478 e. The van der Waals surface area contributed by atoms with Crippen LogP contribution < -0.4 is 9.44 Å². The predicted octanol–water partition coefficient (Wildman–Crippen LogP) is 2.85. The van der Waals surface area contributed by atoms with Crippen molar-refractivity contribution in [2.45, 2.75) is 0 Å². The second-order valence-corrected chi connectivity index (χ2v) is 8.99. The molecule has 0 atom stereocenters. The highest BCUT2D eigenvalue weighted by atomic mass is 16.1. The Labute approximate surface area is 223 Å². The summed E-state index contributed by atoms with van der Waals surface area (Å²) in [5.41, 5.74) is 1.69. The van der Waals surface area contributed by atoms with Crippen LogP contribution in [-0.2, 0) is 0 Å². The second-order valence-electron chi connectivity index (χ2n) is 8.99. The summed E-state index contributed by atoms with van der Waals surface area (Å²) in [6.45, 7) is 0. The zero-order chi connectivity index (χ0) is 26.9. The van der Waals surface area contributed by atoms with Crippen molar-refractivity contribution in [3.8, 4) is 11.1 Å². The Morgan fingerprint density at radius 3 is 0.947 bits per heavy atom. The average Bonchev–Trinajstić information content (AvgIpc) is 2.93. The number of anilines is 2. The van der Waals surface area contributed by atoms with Crippen LogP contribution in [0.4, 0.5) is 11.4 Å². The van der Waals surface area contributed by atoms with Gasteiger partial charge < -0.3 is 9.44 Å². The van der Waals surface area contributed by atoms with Crippen LogP contribution in [-0.4, -0.2) is 55.1 Å². The SMILES string of the molecule is [B]N([B])c1ccc(-c2ccc(N([B])[B])c3c2C(=O)c2ccccc2C3=O)c2c1C(=O)c1ccccc1C2=O. The number of rotatable bonds is 3. The molecule has 2 aliphatic carbocycles. The summed E-state index contributed by atoms with van der Waals surface area (Å²) in [6.07, 6.45) is 0. The molecule has 0 saturated carbocycles. The molecule has 4 aromatic rings. The van der Waals surface area contributed by atoms with Gasteiger partial charge in [-0.2, -0.15) is 0 Å². The Morgan fingerprint density at radius 2 is 0.658 bits per heavy atom. The van der Waals surface area contributed by atoms with E-state index in [1.165, 1.54) is 12.1 Å². The van der Waals surface area contributed by atoms with Crippen LogP contribution in [0.1, 0.15) is 63.7 Å². The van der Waals surface area contributed by atoms with Gasteiger partial charge in [-0.3, -0.25) is 19.2 Å². The topological polar surface area (TPSA) is 74.8 Å². The number of hydrogen-bond acceptors (Lipinski definition) is 6. The molecule has 0 bridgehead atoms. The zero-order valence-corrected chi connectivity index (χ0v) is 19.8. The van der Waals surface area contributed by atoms with Crippen molar-refractivity contribution >= 4 is 66.4 Å². The van der Waals surface area contributed by atoms with E-state index >= 15 is 0 Å². The summed E-state index contributed by atoms with van der Waals surface area (Å²) < 4.78 is 1.54. The highest BCUT2D eigenvalue weighted by Crippen LogP contribution is 2.44. The van der Waals surface area contributed by atoms with Gasteiger partial charge in [0.1, 0.15) is 0 Å². The number of carbonyl (C=O) groups excluding carboxylic acids is 4. The van der Waals surface area contributed by atoms with E-state index in [1.54, 1.807) is 60.7 Å². The Balaban J connectivity index is 1.71. The lowest BCUT2D eigenvalue weighted by Crippen LogP contribution is -2.28. The fourth-order valence-electron chi connectivity index (χ4n) is 5.29. The maximum atomic E-state index is 13.9. The van der Waals surface area contributed by atoms with Gasteiger partial charge in [0.25, 0.3) is 0 Å². The molecular weight excluding hydrogens is 472 g/mol. The molecule has 0 fully saturated rings. The first kappa shape index (κ1) is 23.8. The molecule has 0 aliphatic heterocycles. The van der Waals surface area contributed by atoms with Gasteiger partial charge in [0.15, 0.2) is 23.1 Å². The van der Waals surface area contributed by atoms with Crippen LogP contribution in [0.5, 0.6) is 0 Å². The van der Waals surface area contributed by atoms with Gasteiger partial charge in [-0.1, -0.05) is 60.7 Å². The highest BCUT2D eigenvalue weighted by molar-refractivity contribution is 6.45. The third kappa shape index (κ3) is 3.19. The van der Waals surface area contributed by atoms with E-state index in [2.05, 4.69) is 0 Å². The van der Waals surface area contributed by atoms with E-state index in [-0.39, 0.29) is 67.0 Å². The first-order valence-electron chi connectivity index (χ1n) is 11.5. The molecule has 0 aromatic heterocycles. The third-order valence-electron chi connectivity index (χ3n) is 6.95. The van der Waals surface area contributed by atoms with Crippen molar-refractivity contribution in [1.82, 2.24) is 0 Å². The number of benzene rings is 4. The molecule has 10 heteroatoms. The molecule has 0 heterocycles. The van der Waals surface area contributed by atoms with E-state index < -0.39 is 23.1 Å². The molecule has 2 aliphatic rings. The normalized spacial score (nSPS) is 13.4. The molecule has 0 saturated heterocycles. The first-order chi connectivity index (χ1) is 18.2. The summed E-state index contributed by atoms with van der Waals surface area (Å²) in [5.74, 6) is -1.77. The maximum absolute atomic E-state index is 13.9. The smallest absolute Gasteiger partial charge is 0.209 e. The van der Waals surface area contributed by atoms with Gasteiger partial charge in [-0.05, 0) is 23.3 Å². The highest BCUT2D eigenvalue weighted by Gasteiger charge is 2.38. The standard InChI is InChI=1S/C28H12B4N2O4/c29-33(30)19-11-9-13(21-23(19)27(37)17-7-3-1-5-15(17)25(21)35)14-10-12-20(34(31)32)24-22(14)26(36)16-6-2-4-8-18(16)28(24)38/h1-12H. The van der Waals surface area contributed by atoms with Crippen LogP contribution in [0.2, 0.25) is 0 Å². The Kier molecular flexibility index (Phi) is 5.31. The van der Waals surface area contributed by atoms with Gasteiger partial charge in [0.2, 0.25) is 31.9 Å². The molecule has 6 rings (SSSR count). The summed E-state index contributed by atoms with van der Waals surface area (Å²) in [5, 5.41) is 0. The van der Waals surface area contributed by atoms with Crippen LogP contribution >= 0.6 is 0 Å². The van der Waals surface area contributed by atoms with Crippen molar-refractivity contribution in [3.05, 3.63) is 117 Å². The Bertz CT molecular complexity index is 1640. The maximum Gasteiger partial charge on any atom is 0.209 e. The van der Waals surface area contributed by atoms with Crippen LogP contribution in [0.15, 0.2) is 72.8 Å². The molecule has 0 amide bonds. The third-order valence-corrected chi connectivity index (χ3v) is 6.95. The first-order valence-corrected chi connectivity index (χ1v) is 11.5. The Hall–Kier alpha value is -4.58. The van der Waals surface area contributed by atoms with Crippen molar-refractivity contribution in [2.75, 3.05) is 9.44 Å². The molecule has 0 N–H and O–H groups in total. The molecular formula is C28H12B4N2O4. The number of hydrogen-bond donors (Lipinski definition) is 0. The molecule has 6 nitrogen and oxygen atoms in total. The lowest BCUT2D eigenvalue weighted by atomic mass is 9.75. The zero-order valence-electron chi connectivity index (χ0n) is 19.8. The minimum Gasteiger partial charge on any atom is -0.478 e. The molecule has 0 unspecified atom stereocenters. The molecule has 8 radical (unpaired) electrons. The minimum atomic E-state index is -0.444. The lowest BCUT2D eigenvalue weighted by molar-refractivity contribution is 0.0978. The van der Waals surface area contributed by atoms with Gasteiger partial charge in [0.05, 0.1) is 11.1 Å². The van der Waals surface area contributed by atoms with Gasteiger partial charge in [-0.25, -0.2) is 0 Å². The van der Waals surface area contributed by atoms with Crippen molar-refractivity contribution in [2.24, 2.45) is 0 Å². The Morgan fingerprint density at radius 1 is 0.368 bits per heavy atom. The van der Waals surface area contributed by atoms with Crippen LogP contribution in [0, 0.1) is 0 Å². The predicted molar refractivity (Wildman–Crippen MR) is 146 cm³/mol. The molecule has 4 aromatic carbocycles. The van der Waals surface area contributed by atoms with Crippen LogP contribution in [0.25, 0.3) is 11.1 Å². The molecule has 0 spiro atoms. The van der Waals surface area contributed by atoms with E-state index in [9.17, 15) is 19.2 Å². The number of fused-ring (bicyclic) bond motifs is 4. The van der Waals surface area contributed by atoms with Crippen molar-refractivity contribution in [3.63, 3.8) is 0 Å². The summed E-state index contributed by atoms with van der Waals surface area (Å²) >= 11 is 0. The number of carbonyl (C=O) groups is 4. The molecule has 170 valence electrons. The summed E-state index contributed by atoms with van der Waals surface area (Å²) in [6, 6.07) is 18.9. The van der Waals surface area contributed by atoms with Crippen molar-refractivity contribution in [1.29, 1.82) is 0 Å². The fraction of sp³-hybridized carbons (Fsp3) is 0. The number of ketones is 4. The van der Waals surface area contributed by atoms with Gasteiger partial charge in [-0.15, -0.1) is 0 Å². The van der Waals surface area contributed by atoms with E-state index in [0.29, 0.717) is 0 Å². The van der Waals surface area contributed by atoms with Crippen LogP contribution in [0.3, 0.4) is 0 Å².